The molecule has 0 aromatic heterocycles. The number of anilines is 1. The molecule has 0 bridgehead atoms. The molecule has 3 rings (SSSR count). The molecule has 0 spiro atoms. The standard InChI is InChI=1S/C16H16FN/c17-15-10-14(7-8-16(15)18)13-6-5-11-3-1-2-4-12(11)9-13/h5-10H,1-4,18H2. The summed E-state index contributed by atoms with van der Waals surface area (Å²) in [5, 5.41) is 0. The third-order valence-electron chi connectivity index (χ3n) is 3.68. The number of hydrogen-bond acceptors (Lipinski definition) is 1. The number of aryl methyl sites for hydroxylation is 2. The van der Waals surface area contributed by atoms with Crippen molar-refractivity contribution in [2.75, 3.05) is 5.73 Å². The van der Waals surface area contributed by atoms with Crippen molar-refractivity contribution < 1.29 is 4.39 Å². The molecule has 1 aliphatic rings. The zero-order chi connectivity index (χ0) is 12.5. The predicted octanol–water partition coefficient (Wildman–Crippen LogP) is 3.95. The van der Waals surface area contributed by atoms with Gasteiger partial charge in [0.1, 0.15) is 5.82 Å². The van der Waals surface area contributed by atoms with Crippen molar-refractivity contribution in [1.29, 1.82) is 0 Å². The summed E-state index contributed by atoms with van der Waals surface area (Å²) in [5.74, 6) is -0.342. The zero-order valence-electron chi connectivity index (χ0n) is 10.2. The molecule has 2 aromatic carbocycles. The Bertz CT molecular complexity index is 590. The molecule has 0 fully saturated rings. The molecule has 0 aliphatic heterocycles. The molecule has 2 N–H and O–H groups in total. The second-order valence-corrected chi connectivity index (χ2v) is 4.93. The Labute approximate surface area is 106 Å². The number of benzene rings is 2. The van der Waals surface area contributed by atoms with E-state index in [4.69, 9.17) is 5.73 Å². The minimum absolute atomic E-state index is 0.205. The fourth-order valence-electron chi connectivity index (χ4n) is 2.62. The minimum atomic E-state index is -0.342. The maximum Gasteiger partial charge on any atom is 0.146 e. The summed E-state index contributed by atoms with van der Waals surface area (Å²) in [6, 6.07) is 11.5. The van der Waals surface area contributed by atoms with E-state index >= 15 is 0 Å². The highest BCUT2D eigenvalue weighted by molar-refractivity contribution is 5.67. The third-order valence-corrected chi connectivity index (χ3v) is 3.68. The molecule has 0 amide bonds. The van der Waals surface area contributed by atoms with E-state index in [1.165, 1.54) is 36.5 Å². The highest BCUT2D eigenvalue weighted by Gasteiger charge is 2.10. The molecular weight excluding hydrogens is 225 g/mol. The highest BCUT2D eigenvalue weighted by atomic mass is 19.1. The average Bonchev–Trinajstić information content (AvgIpc) is 2.41. The molecule has 0 heterocycles. The summed E-state index contributed by atoms with van der Waals surface area (Å²) in [6.07, 6.45) is 4.85. The Kier molecular flexibility index (Phi) is 2.78. The normalized spacial score (nSPS) is 14.3. The van der Waals surface area contributed by atoms with Gasteiger partial charge in [0, 0.05) is 0 Å². The second-order valence-electron chi connectivity index (χ2n) is 4.93. The van der Waals surface area contributed by atoms with Gasteiger partial charge >= 0.3 is 0 Å². The van der Waals surface area contributed by atoms with Gasteiger partial charge < -0.3 is 5.73 Å². The number of halogens is 1. The van der Waals surface area contributed by atoms with E-state index in [1.807, 2.05) is 6.07 Å². The van der Waals surface area contributed by atoms with Gasteiger partial charge in [0.2, 0.25) is 0 Å². The van der Waals surface area contributed by atoms with Crippen molar-refractivity contribution in [3.63, 3.8) is 0 Å². The molecule has 18 heavy (non-hydrogen) atoms. The van der Waals surface area contributed by atoms with Crippen molar-refractivity contribution in [3.8, 4) is 11.1 Å². The van der Waals surface area contributed by atoms with Gasteiger partial charge in [-0.1, -0.05) is 24.3 Å². The lowest BCUT2D eigenvalue weighted by Crippen LogP contribution is -2.02. The molecule has 0 radical (unpaired) electrons. The van der Waals surface area contributed by atoms with E-state index < -0.39 is 0 Å². The maximum absolute atomic E-state index is 13.5. The van der Waals surface area contributed by atoms with Crippen LogP contribution in [0.3, 0.4) is 0 Å². The number of rotatable bonds is 1. The van der Waals surface area contributed by atoms with Gasteiger partial charge in [-0.2, -0.15) is 0 Å². The maximum atomic E-state index is 13.5. The zero-order valence-corrected chi connectivity index (χ0v) is 10.2. The topological polar surface area (TPSA) is 26.0 Å². The molecule has 0 saturated heterocycles. The number of hydrogen-bond donors (Lipinski definition) is 1. The Hall–Kier alpha value is -1.83. The summed E-state index contributed by atoms with van der Waals surface area (Å²) >= 11 is 0. The molecule has 1 nitrogen and oxygen atoms in total. The molecule has 1 aliphatic carbocycles. The van der Waals surface area contributed by atoms with E-state index in [9.17, 15) is 4.39 Å². The van der Waals surface area contributed by atoms with Gasteiger partial charge in [0.25, 0.3) is 0 Å². The summed E-state index contributed by atoms with van der Waals surface area (Å²) in [6.45, 7) is 0. The number of nitrogens with two attached hydrogens (primary N) is 1. The minimum Gasteiger partial charge on any atom is -0.396 e. The smallest absolute Gasteiger partial charge is 0.146 e. The van der Waals surface area contributed by atoms with Crippen molar-refractivity contribution in [2.45, 2.75) is 25.7 Å². The number of nitrogen functional groups attached to an aromatic ring is 1. The van der Waals surface area contributed by atoms with Crippen LogP contribution in [-0.4, -0.2) is 0 Å². The summed E-state index contributed by atoms with van der Waals surface area (Å²) in [5.41, 5.74) is 10.5. The molecule has 0 unspecified atom stereocenters. The molecular formula is C16H16FN. The number of fused-ring (bicyclic) bond motifs is 1. The van der Waals surface area contributed by atoms with Crippen LogP contribution >= 0.6 is 0 Å². The Morgan fingerprint density at radius 3 is 2.28 bits per heavy atom. The predicted molar refractivity (Wildman–Crippen MR) is 72.9 cm³/mol. The van der Waals surface area contributed by atoms with Gasteiger partial charge in [-0.3, -0.25) is 0 Å². The highest BCUT2D eigenvalue weighted by Crippen LogP contribution is 2.28. The summed E-state index contributed by atoms with van der Waals surface area (Å²) < 4.78 is 13.5. The van der Waals surface area contributed by atoms with Crippen LogP contribution in [0.1, 0.15) is 24.0 Å². The van der Waals surface area contributed by atoms with Gasteiger partial charge in [-0.15, -0.1) is 0 Å². The molecule has 0 saturated carbocycles. The van der Waals surface area contributed by atoms with Crippen molar-refractivity contribution in [2.24, 2.45) is 0 Å². The largest absolute Gasteiger partial charge is 0.396 e. The average molecular weight is 241 g/mol. The van der Waals surface area contributed by atoms with Crippen LogP contribution in [0.15, 0.2) is 36.4 Å². The Morgan fingerprint density at radius 1 is 0.833 bits per heavy atom. The van der Waals surface area contributed by atoms with Gasteiger partial charge in [0.05, 0.1) is 5.69 Å². The Morgan fingerprint density at radius 2 is 1.50 bits per heavy atom. The summed E-state index contributed by atoms with van der Waals surface area (Å²) in [4.78, 5) is 0. The monoisotopic (exact) mass is 241 g/mol. The van der Waals surface area contributed by atoms with Crippen LogP contribution in [-0.2, 0) is 12.8 Å². The van der Waals surface area contributed by atoms with Crippen molar-refractivity contribution >= 4 is 5.69 Å². The fourth-order valence-corrected chi connectivity index (χ4v) is 2.62. The first kappa shape index (κ1) is 11.3. The van der Waals surface area contributed by atoms with Crippen LogP contribution < -0.4 is 5.73 Å². The van der Waals surface area contributed by atoms with Crippen molar-refractivity contribution in [1.82, 2.24) is 0 Å². The van der Waals surface area contributed by atoms with Crippen LogP contribution in [0.4, 0.5) is 10.1 Å². The van der Waals surface area contributed by atoms with Crippen LogP contribution in [0.5, 0.6) is 0 Å². The molecule has 2 heteroatoms. The summed E-state index contributed by atoms with van der Waals surface area (Å²) in [7, 11) is 0. The quantitative estimate of drug-likeness (QED) is 0.751. The van der Waals surface area contributed by atoms with Gasteiger partial charge in [-0.05, 0) is 60.1 Å². The first-order valence-electron chi connectivity index (χ1n) is 6.41. The van der Waals surface area contributed by atoms with E-state index in [2.05, 4.69) is 18.2 Å². The molecule has 92 valence electrons. The SMILES string of the molecule is Nc1ccc(-c2ccc3c(c2)CCCC3)cc1F. The molecule has 0 atom stereocenters. The van der Waals surface area contributed by atoms with E-state index in [-0.39, 0.29) is 11.5 Å². The first-order valence-corrected chi connectivity index (χ1v) is 6.41. The third kappa shape index (κ3) is 1.99. The first-order chi connectivity index (χ1) is 8.74. The van der Waals surface area contributed by atoms with Gasteiger partial charge in [0.15, 0.2) is 0 Å². The van der Waals surface area contributed by atoms with Crippen LogP contribution in [0.25, 0.3) is 11.1 Å². The molecule has 2 aromatic rings. The van der Waals surface area contributed by atoms with Gasteiger partial charge in [-0.25, -0.2) is 4.39 Å². The van der Waals surface area contributed by atoms with E-state index in [1.54, 1.807) is 6.07 Å². The second kappa shape index (κ2) is 4.45. The lowest BCUT2D eigenvalue weighted by Gasteiger charge is -2.16. The Balaban J connectivity index is 2.03. The van der Waals surface area contributed by atoms with E-state index in [0.717, 1.165) is 17.5 Å². The van der Waals surface area contributed by atoms with Crippen molar-refractivity contribution in [3.05, 3.63) is 53.3 Å². The van der Waals surface area contributed by atoms with Crippen LogP contribution in [0, 0.1) is 5.82 Å². The lowest BCUT2D eigenvalue weighted by molar-refractivity contribution is 0.633. The lowest BCUT2D eigenvalue weighted by atomic mass is 9.89. The fraction of sp³-hybridized carbons (Fsp3) is 0.250. The van der Waals surface area contributed by atoms with E-state index in [0.29, 0.717) is 0 Å². The van der Waals surface area contributed by atoms with Crippen LogP contribution in [0.2, 0.25) is 0 Å².